The molecule has 0 bridgehead atoms. The van der Waals surface area contributed by atoms with Crippen molar-refractivity contribution in [3.63, 3.8) is 0 Å². The van der Waals surface area contributed by atoms with E-state index >= 15 is 0 Å². The fourth-order valence-corrected chi connectivity index (χ4v) is 2.02. The molecule has 3 nitrogen and oxygen atoms in total. The van der Waals surface area contributed by atoms with Crippen molar-refractivity contribution in [3.8, 4) is 0 Å². The second-order valence-electron chi connectivity index (χ2n) is 3.88. The number of esters is 1. The molecular weight excluding hydrogens is 260 g/mol. The van der Waals surface area contributed by atoms with Crippen LogP contribution < -0.4 is 0 Å². The first kappa shape index (κ1) is 15.5. The van der Waals surface area contributed by atoms with E-state index in [1.165, 1.54) is 11.8 Å². The van der Waals surface area contributed by atoms with Crippen molar-refractivity contribution in [3.05, 3.63) is 41.5 Å². The number of thioether (sulfide) groups is 1. The van der Waals surface area contributed by atoms with Crippen molar-refractivity contribution in [2.24, 2.45) is 0 Å². The van der Waals surface area contributed by atoms with Crippen LogP contribution in [0.15, 0.2) is 30.3 Å². The molecule has 0 unspecified atom stereocenters. The van der Waals surface area contributed by atoms with Gasteiger partial charge in [0.05, 0.1) is 12.2 Å². The van der Waals surface area contributed by atoms with Crippen molar-refractivity contribution in [1.82, 2.24) is 0 Å². The molecule has 0 radical (unpaired) electrons. The summed E-state index contributed by atoms with van der Waals surface area (Å²) in [5.74, 6) is 0.480. The monoisotopic (exact) mass is 278 g/mol. The van der Waals surface area contributed by atoms with Gasteiger partial charge in [0.2, 0.25) is 0 Å². The number of benzene rings is 1. The van der Waals surface area contributed by atoms with Gasteiger partial charge in [0.15, 0.2) is 5.12 Å². The molecule has 0 aliphatic heterocycles. The van der Waals surface area contributed by atoms with Crippen molar-refractivity contribution in [2.45, 2.75) is 20.3 Å². The quantitative estimate of drug-likeness (QED) is 0.589. The van der Waals surface area contributed by atoms with Crippen LogP contribution in [-0.4, -0.2) is 23.4 Å². The highest BCUT2D eigenvalue weighted by Crippen LogP contribution is 2.10. The van der Waals surface area contributed by atoms with Crippen LogP contribution in [0.3, 0.4) is 0 Å². The van der Waals surface area contributed by atoms with Crippen LogP contribution >= 0.6 is 11.8 Å². The molecule has 0 N–H and O–H groups in total. The maximum Gasteiger partial charge on any atom is 0.338 e. The van der Waals surface area contributed by atoms with Crippen LogP contribution in [0.4, 0.5) is 0 Å². The largest absolute Gasteiger partial charge is 0.462 e. The van der Waals surface area contributed by atoms with Gasteiger partial charge in [0.1, 0.15) is 0 Å². The summed E-state index contributed by atoms with van der Waals surface area (Å²) in [5.41, 5.74) is 1.51. The van der Waals surface area contributed by atoms with Gasteiger partial charge in [0, 0.05) is 12.7 Å². The molecule has 4 heteroatoms. The summed E-state index contributed by atoms with van der Waals surface area (Å²) in [6.45, 7) is 3.73. The highest BCUT2D eigenvalue weighted by Gasteiger charge is 2.05. The molecule has 1 aromatic carbocycles. The molecule has 0 amide bonds. The third-order valence-corrected chi connectivity index (χ3v) is 3.14. The van der Waals surface area contributed by atoms with Gasteiger partial charge in [-0.05, 0) is 31.0 Å². The Morgan fingerprint density at radius 2 is 2.16 bits per heavy atom. The minimum atomic E-state index is -0.301. The topological polar surface area (TPSA) is 43.4 Å². The molecule has 0 aromatic heterocycles. The second kappa shape index (κ2) is 8.53. The Bertz CT molecular complexity index is 466. The van der Waals surface area contributed by atoms with E-state index in [0.717, 1.165) is 17.7 Å². The van der Waals surface area contributed by atoms with Gasteiger partial charge in [-0.2, -0.15) is 0 Å². The van der Waals surface area contributed by atoms with E-state index in [1.807, 2.05) is 24.3 Å². The summed E-state index contributed by atoms with van der Waals surface area (Å²) in [6, 6.07) is 7.29. The lowest BCUT2D eigenvalue weighted by Crippen LogP contribution is -2.04. The molecular formula is C15H18O3S. The summed E-state index contributed by atoms with van der Waals surface area (Å²) < 4.78 is 4.95. The van der Waals surface area contributed by atoms with Crippen LogP contribution in [0.25, 0.3) is 6.08 Å². The summed E-state index contributed by atoms with van der Waals surface area (Å²) in [4.78, 5) is 22.3. The van der Waals surface area contributed by atoms with E-state index in [1.54, 1.807) is 26.0 Å². The minimum Gasteiger partial charge on any atom is -0.462 e. The Labute approximate surface area is 118 Å². The van der Waals surface area contributed by atoms with E-state index in [2.05, 4.69) is 0 Å². The zero-order valence-corrected chi connectivity index (χ0v) is 12.0. The molecule has 1 aromatic rings. The molecule has 0 aliphatic carbocycles. The van der Waals surface area contributed by atoms with Gasteiger partial charge in [-0.1, -0.05) is 36.0 Å². The first-order valence-electron chi connectivity index (χ1n) is 6.20. The maximum absolute atomic E-state index is 11.6. The lowest BCUT2D eigenvalue weighted by atomic mass is 10.1. The van der Waals surface area contributed by atoms with Crippen LogP contribution in [-0.2, 0) is 9.53 Å². The second-order valence-corrected chi connectivity index (χ2v) is 5.15. The number of rotatable bonds is 6. The van der Waals surface area contributed by atoms with Crippen LogP contribution in [0.5, 0.6) is 0 Å². The lowest BCUT2D eigenvalue weighted by molar-refractivity contribution is -0.109. The predicted molar refractivity (Wildman–Crippen MR) is 79.2 cm³/mol. The molecule has 0 atom stereocenters. The molecule has 0 fully saturated rings. The smallest absolute Gasteiger partial charge is 0.338 e. The van der Waals surface area contributed by atoms with Crippen molar-refractivity contribution < 1.29 is 14.3 Å². The Morgan fingerprint density at radius 3 is 2.84 bits per heavy atom. The number of hydrogen-bond acceptors (Lipinski definition) is 4. The number of carbonyl (C=O) groups is 2. The molecule has 0 saturated heterocycles. The van der Waals surface area contributed by atoms with Crippen molar-refractivity contribution in [2.75, 3.05) is 12.4 Å². The highest BCUT2D eigenvalue weighted by atomic mass is 32.2. The zero-order chi connectivity index (χ0) is 14.1. The molecule has 0 heterocycles. The van der Waals surface area contributed by atoms with Gasteiger partial charge >= 0.3 is 5.97 Å². The maximum atomic E-state index is 11.6. The normalized spacial score (nSPS) is 10.6. The van der Waals surface area contributed by atoms with Gasteiger partial charge in [-0.3, -0.25) is 4.79 Å². The van der Waals surface area contributed by atoms with Crippen LogP contribution in [0.2, 0.25) is 0 Å². The lowest BCUT2D eigenvalue weighted by Gasteiger charge is -2.02. The number of hydrogen-bond donors (Lipinski definition) is 0. The van der Waals surface area contributed by atoms with E-state index in [9.17, 15) is 9.59 Å². The number of allylic oxidation sites excluding steroid dienone is 1. The summed E-state index contributed by atoms with van der Waals surface area (Å²) in [5, 5.41) is 0.137. The van der Waals surface area contributed by atoms with E-state index in [-0.39, 0.29) is 11.1 Å². The van der Waals surface area contributed by atoms with E-state index < -0.39 is 0 Å². The third kappa shape index (κ3) is 6.25. The minimum absolute atomic E-state index is 0.137. The molecule has 0 saturated carbocycles. The Balaban J connectivity index is 2.54. The number of carbonyl (C=O) groups excluding carboxylic acids is 2. The Hall–Kier alpha value is -1.55. The van der Waals surface area contributed by atoms with Gasteiger partial charge in [-0.25, -0.2) is 4.79 Å². The van der Waals surface area contributed by atoms with Crippen LogP contribution in [0, 0.1) is 0 Å². The Kier molecular flexibility index (Phi) is 6.97. The SMILES string of the molecule is CCOC(=O)c1cccc(C=CCCSC(C)=O)c1. The van der Waals surface area contributed by atoms with Crippen LogP contribution in [0.1, 0.15) is 36.2 Å². The van der Waals surface area contributed by atoms with E-state index in [0.29, 0.717) is 12.2 Å². The summed E-state index contributed by atoms with van der Waals surface area (Å²) in [7, 11) is 0. The standard InChI is InChI=1S/C15H18O3S/c1-3-18-15(17)14-9-6-8-13(11-14)7-4-5-10-19-12(2)16/h4,6-9,11H,3,5,10H2,1-2H3. The Morgan fingerprint density at radius 1 is 1.37 bits per heavy atom. The number of ether oxygens (including phenoxy) is 1. The fourth-order valence-electron chi connectivity index (χ4n) is 1.47. The third-order valence-electron chi connectivity index (χ3n) is 2.30. The highest BCUT2D eigenvalue weighted by molar-refractivity contribution is 8.13. The van der Waals surface area contributed by atoms with Crippen molar-refractivity contribution >= 4 is 28.9 Å². The zero-order valence-electron chi connectivity index (χ0n) is 11.2. The average molecular weight is 278 g/mol. The van der Waals surface area contributed by atoms with Gasteiger partial charge in [0.25, 0.3) is 0 Å². The molecule has 19 heavy (non-hydrogen) atoms. The van der Waals surface area contributed by atoms with Crippen molar-refractivity contribution in [1.29, 1.82) is 0 Å². The predicted octanol–water partition coefficient (Wildman–Crippen LogP) is 3.55. The molecule has 102 valence electrons. The fraction of sp³-hybridized carbons (Fsp3) is 0.333. The molecule has 0 aliphatic rings. The molecule has 1 rings (SSSR count). The first-order chi connectivity index (χ1) is 9.13. The van der Waals surface area contributed by atoms with E-state index in [4.69, 9.17) is 4.74 Å². The van der Waals surface area contributed by atoms with Gasteiger partial charge < -0.3 is 4.74 Å². The summed E-state index contributed by atoms with van der Waals surface area (Å²) >= 11 is 1.32. The molecule has 0 spiro atoms. The average Bonchev–Trinajstić information content (AvgIpc) is 2.38. The first-order valence-corrected chi connectivity index (χ1v) is 7.19. The van der Waals surface area contributed by atoms with Gasteiger partial charge in [-0.15, -0.1) is 0 Å². The summed E-state index contributed by atoms with van der Waals surface area (Å²) in [6.07, 6.45) is 4.78.